The lowest BCUT2D eigenvalue weighted by molar-refractivity contribution is -0.126. The summed E-state index contributed by atoms with van der Waals surface area (Å²) in [6.07, 6.45) is -0.969. The Kier molecular flexibility index (Phi) is 4.53. The van der Waals surface area contributed by atoms with Crippen molar-refractivity contribution < 1.29 is 18.8 Å². The van der Waals surface area contributed by atoms with Crippen LogP contribution in [0.2, 0.25) is 5.02 Å². The van der Waals surface area contributed by atoms with Gasteiger partial charge in [-0.3, -0.25) is 14.4 Å². The van der Waals surface area contributed by atoms with Crippen molar-refractivity contribution in [1.29, 1.82) is 0 Å². The fraction of sp³-hybridized carbons (Fsp3) is 0.130. The Balaban J connectivity index is 1.58. The summed E-state index contributed by atoms with van der Waals surface area (Å²) in [5.74, 6) is -2.03. The molecule has 5 rings (SSSR count). The lowest BCUT2D eigenvalue weighted by Gasteiger charge is -2.28. The highest BCUT2D eigenvalue weighted by atomic mass is 35.5. The number of amides is 2. The van der Waals surface area contributed by atoms with Crippen molar-refractivity contribution in [1.82, 2.24) is 0 Å². The zero-order chi connectivity index (χ0) is 20.8. The van der Waals surface area contributed by atoms with Gasteiger partial charge in [0.1, 0.15) is 11.7 Å². The van der Waals surface area contributed by atoms with Crippen LogP contribution < -0.4 is 9.96 Å². The molecule has 0 saturated carbocycles. The van der Waals surface area contributed by atoms with Crippen LogP contribution >= 0.6 is 11.6 Å². The molecule has 3 aromatic rings. The number of carbonyl (C=O) groups is 2. The van der Waals surface area contributed by atoms with Gasteiger partial charge in [0.25, 0.3) is 5.91 Å². The first-order valence-electron chi connectivity index (χ1n) is 9.44. The van der Waals surface area contributed by atoms with Crippen molar-refractivity contribution >= 4 is 34.8 Å². The summed E-state index contributed by atoms with van der Waals surface area (Å²) in [4.78, 5) is 33.6. The first kappa shape index (κ1) is 18.8. The summed E-state index contributed by atoms with van der Waals surface area (Å²) in [5.41, 5.74) is 1.86. The molecule has 2 aliphatic rings. The molecule has 0 radical (unpaired) electrons. The first-order chi connectivity index (χ1) is 14.5. The molecule has 2 heterocycles. The lowest BCUT2D eigenvalue weighted by atomic mass is 9.90. The molecule has 0 bridgehead atoms. The van der Waals surface area contributed by atoms with E-state index in [0.717, 1.165) is 16.2 Å². The van der Waals surface area contributed by atoms with Crippen LogP contribution in [0.5, 0.6) is 0 Å². The number of hydroxylamine groups is 1. The maximum atomic E-state index is 13.4. The van der Waals surface area contributed by atoms with E-state index in [4.69, 9.17) is 16.4 Å². The summed E-state index contributed by atoms with van der Waals surface area (Å²) >= 11 is 6.05. The predicted molar refractivity (Wildman–Crippen MR) is 110 cm³/mol. The predicted octanol–water partition coefficient (Wildman–Crippen LogP) is 4.53. The zero-order valence-corrected chi connectivity index (χ0v) is 16.4. The standard InChI is InChI=1S/C23H16ClFN2O3/c24-15-8-6-14(7-9-15)20-19-21(30-27(20)18-4-2-1-3-5-18)23(29)26(22(19)28)17-12-10-16(25)11-13-17/h1-13,19-21H. The van der Waals surface area contributed by atoms with E-state index in [0.29, 0.717) is 10.7 Å². The van der Waals surface area contributed by atoms with Crippen molar-refractivity contribution in [2.75, 3.05) is 9.96 Å². The second kappa shape index (κ2) is 7.23. The van der Waals surface area contributed by atoms with Gasteiger partial charge in [0.2, 0.25) is 5.91 Å². The smallest absolute Gasteiger partial charge is 0.266 e. The summed E-state index contributed by atoms with van der Waals surface area (Å²) < 4.78 is 13.3. The van der Waals surface area contributed by atoms with Crippen molar-refractivity contribution in [3.05, 3.63) is 95.3 Å². The maximum absolute atomic E-state index is 13.4. The van der Waals surface area contributed by atoms with Gasteiger partial charge in [0, 0.05) is 5.02 Å². The minimum atomic E-state index is -0.969. The zero-order valence-electron chi connectivity index (χ0n) is 15.6. The molecule has 3 aromatic carbocycles. The van der Waals surface area contributed by atoms with Gasteiger partial charge in [-0.25, -0.2) is 14.4 Å². The SMILES string of the molecule is O=C1C2ON(c3ccccc3)C(c3ccc(Cl)cc3)C2C(=O)N1c1ccc(F)cc1. The number of carbonyl (C=O) groups excluding carboxylic acids is 2. The summed E-state index contributed by atoms with van der Waals surface area (Å²) in [6.45, 7) is 0. The van der Waals surface area contributed by atoms with Gasteiger partial charge >= 0.3 is 0 Å². The van der Waals surface area contributed by atoms with E-state index in [1.54, 1.807) is 17.2 Å². The largest absolute Gasteiger partial charge is 0.273 e. The van der Waals surface area contributed by atoms with Crippen LogP contribution in [0.3, 0.4) is 0 Å². The van der Waals surface area contributed by atoms with Crippen LogP contribution in [-0.4, -0.2) is 17.9 Å². The summed E-state index contributed by atoms with van der Waals surface area (Å²) in [5, 5.41) is 2.19. The molecule has 150 valence electrons. The minimum Gasteiger partial charge on any atom is -0.273 e. The summed E-state index contributed by atoms with van der Waals surface area (Å²) in [6, 6.07) is 21.2. The maximum Gasteiger partial charge on any atom is 0.266 e. The fourth-order valence-corrected chi connectivity index (χ4v) is 4.18. The topological polar surface area (TPSA) is 49.9 Å². The Morgan fingerprint density at radius 1 is 0.800 bits per heavy atom. The van der Waals surface area contributed by atoms with Crippen molar-refractivity contribution in [3.63, 3.8) is 0 Å². The molecule has 2 fully saturated rings. The number of imide groups is 1. The molecule has 2 amide bonds. The number of nitrogens with zero attached hydrogens (tertiary/aromatic N) is 2. The van der Waals surface area contributed by atoms with Gasteiger partial charge < -0.3 is 0 Å². The Bertz CT molecular complexity index is 1110. The Morgan fingerprint density at radius 2 is 1.47 bits per heavy atom. The minimum absolute atomic E-state index is 0.325. The van der Waals surface area contributed by atoms with Crippen LogP contribution in [0.15, 0.2) is 78.9 Å². The number of anilines is 2. The number of para-hydroxylation sites is 1. The number of rotatable bonds is 3. The molecular formula is C23H16ClFN2O3. The normalized spacial score (nSPS) is 23.2. The second-order valence-electron chi connectivity index (χ2n) is 7.20. The molecule has 0 aliphatic carbocycles. The van der Waals surface area contributed by atoms with Crippen LogP contribution in [0.25, 0.3) is 0 Å². The van der Waals surface area contributed by atoms with Crippen LogP contribution in [0.1, 0.15) is 11.6 Å². The monoisotopic (exact) mass is 422 g/mol. The average Bonchev–Trinajstić information content (AvgIpc) is 3.27. The van der Waals surface area contributed by atoms with Crippen LogP contribution in [0.4, 0.5) is 15.8 Å². The molecule has 5 nitrogen and oxygen atoms in total. The van der Waals surface area contributed by atoms with E-state index >= 15 is 0 Å². The van der Waals surface area contributed by atoms with E-state index in [1.807, 2.05) is 42.5 Å². The molecule has 30 heavy (non-hydrogen) atoms. The van der Waals surface area contributed by atoms with Gasteiger partial charge in [-0.05, 0) is 54.1 Å². The summed E-state index contributed by atoms with van der Waals surface area (Å²) in [7, 11) is 0. The van der Waals surface area contributed by atoms with Crippen molar-refractivity contribution in [2.24, 2.45) is 5.92 Å². The number of hydrogen-bond acceptors (Lipinski definition) is 4. The number of fused-ring (bicyclic) bond motifs is 1. The lowest BCUT2D eigenvalue weighted by Crippen LogP contribution is -2.37. The van der Waals surface area contributed by atoms with Crippen molar-refractivity contribution in [3.8, 4) is 0 Å². The van der Waals surface area contributed by atoms with E-state index in [2.05, 4.69) is 0 Å². The Hall–Kier alpha value is -3.22. The molecule has 2 saturated heterocycles. The Labute approximate surface area is 177 Å². The van der Waals surface area contributed by atoms with Gasteiger partial charge in [0.15, 0.2) is 6.10 Å². The third-order valence-corrected chi connectivity index (χ3v) is 5.67. The molecule has 3 unspecified atom stereocenters. The quantitative estimate of drug-likeness (QED) is 0.582. The third-order valence-electron chi connectivity index (χ3n) is 5.42. The Morgan fingerprint density at radius 3 is 2.13 bits per heavy atom. The number of hydrogen-bond donors (Lipinski definition) is 0. The van der Waals surface area contributed by atoms with E-state index in [1.165, 1.54) is 24.3 Å². The highest BCUT2D eigenvalue weighted by molar-refractivity contribution is 6.30. The molecule has 0 N–H and O–H groups in total. The molecule has 3 atom stereocenters. The highest BCUT2D eigenvalue weighted by Crippen LogP contribution is 2.47. The number of halogens is 2. The molecular weight excluding hydrogens is 407 g/mol. The van der Waals surface area contributed by atoms with Crippen molar-refractivity contribution in [2.45, 2.75) is 12.1 Å². The van der Waals surface area contributed by atoms with Gasteiger partial charge in [-0.15, -0.1) is 0 Å². The van der Waals surface area contributed by atoms with Crippen LogP contribution in [0, 0.1) is 11.7 Å². The molecule has 0 aromatic heterocycles. The second-order valence-corrected chi connectivity index (χ2v) is 7.63. The van der Waals surface area contributed by atoms with Gasteiger partial charge in [-0.2, -0.15) is 0 Å². The average molecular weight is 423 g/mol. The highest BCUT2D eigenvalue weighted by Gasteiger charge is 2.60. The van der Waals surface area contributed by atoms with E-state index in [9.17, 15) is 14.0 Å². The number of benzene rings is 3. The molecule has 2 aliphatic heterocycles. The van der Waals surface area contributed by atoms with Gasteiger partial charge in [0.05, 0.1) is 17.4 Å². The molecule has 7 heteroatoms. The fourth-order valence-electron chi connectivity index (χ4n) is 4.06. The van der Waals surface area contributed by atoms with Gasteiger partial charge in [-0.1, -0.05) is 41.9 Å². The molecule has 0 spiro atoms. The third kappa shape index (κ3) is 2.96. The van der Waals surface area contributed by atoms with E-state index < -0.39 is 29.8 Å². The van der Waals surface area contributed by atoms with E-state index in [-0.39, 0.29) is 5.91 Å². The van der Waals surface area contributed by atoms with Crippen LogP contribution in [-0.2, 0) is 14.4 Å². The first-order valence-corrected chi connectivity index (χ1v) is 9.82.